The molecule has 2 aromatic rings. The molecule has 3 N–H and O–H groups in total. The minimum Gasteiger partial charge on any atom is -0.357 e. The Kier molecular flexibility index (Phi) is 11.9. The standard InChI is InChI=1S/C21H29N5O.HI/c1-3-12-24-20(27)18-9-7-8-17(15-18)16-26-21(22-4-2)25-14-11-19-10-5-6-13-23-19;/h5-10,13,15H,3-4,11-12,14,16H2,1-2H3,(H,24,27)(H2,22,25,26);1H. The van der Waals surface area contributed by atoms with Crippen molar-refractivity contribution in [2.45, 2.75) is 33.2 Å². The van der Waals surface area contributed by atoms with Gasteiger partial charge in [-0.3, -0.25) is 9.78 Å². The number of carbonyl (C=O) groups is 1. The van der Waals surface area contributed by atoms with Gasteiger partial charge in [-0.05, 0) is 43.2 Å². The third-order valence-electron chi connectivity index (χ3n) is 3.89. The van der Waals surface area contributed by atoms with Crippen molar-refractivity contribution in [1.82, 2.24) is 20.9 Å². The van der Waals surface area contributed by atoms with E-state index in [9.17, 15) is 4.79 Å². The molecule has 0 saturated heterocycles. The van der Waals surface area contributed by atoms with Crippen molar-refractivity contribution in [1.29, 1.82) is 0 Å². The highest BCUT2D eigenvalue weighted by molar-refractivity contribution is 14.0. The molecule has 0 saturated carbocycles. The topological polar surface area (TPSA) is 78.4 Å². The molecule has 7 heteroatoms. The van der Waals surface area contributed by atoms with Gasteiger partial charge in [0.15, 0.2) is 5.96 Å². The first-order chi connectivity index (χ1) is 13.2. The van der Waals surface area contributed by atoms with Crippen molar-refractivity contribution in [3.8, 4) is 0 Å². The predicted molar refractivity (Wildman–Crippen MR) is 125 cm³/mol. The molecule has 1 aromatic heterocycles. The van der Waals surface area contributed by atoms with E-state index in [1.165, 1.54) is 0 Å². The number of halogens is 1. The van der Waals surface area contributed by atoms with Gasteiger partial charge in [-0.25, -0.2) is 4.99 Å². The summed E-state index contributed by atoms with van der Waals surface area (Å²) in [6, 6.07) is 13.5. The van der Waals surface area contributed by atoms with E-state index >= 15 is 0 Å². The fraction of sp³-hybridized carbons (Fsp3) is 0.381. The average molecular weight is 495 g/mol. The quantitative estimate of drug-likeness (QED) is 0.284. The van der Waals surface area contributed by atoms with Crippen LogP contribution in [0.2, 0.25) is 0 Å². The Morgan fingerprint density at radius 1 is 1.04 bits per heavy atom. The van der Waals surface area contributed by atoms with Gasteiger partial charge in [-0.1, -0.05) is 25.1 Å². The van der Waals surface area contributed by atoms with E-state index in [0.29, 0.717) is 18.7 Å². The normalized spacial score (nSPS) is 10.7. The monoisotopic (exact) mass is 495 g/mol. The second-order valence-electron chi connectivity index (χ2n) is 6.15. The number of hydrogen-bond donors (Lipinski definition) is 3. The van der Waals surface area contributed by atoms with Crippen molar-refractivity contribution in [2.24, 2.45) is 4.99 Å². The largest absolute Gasteiger partial charge is 0.357 e. The number of rotatable bonds is 9. The SMILES string of the molecule is CCCNC(=O)c1cccc(CN=C(NCC)NCCc2ccccn2)c1.I. The lowest BCUT2D eigenvalue weighted by atomic mass is 10.1. The zero-order valence-corrected chi connectivity index (χ0v) is 18.9. The van der Waals surface area contributed by atoms with E-state index in [-0.39, 0.29) is 29.9 Å². The Morgan fingerprint density at radius 2 is 1.89 bits per heavy atom. The average Bonchev–Trinajstić information content (AvgIpc) is 2.71. The maximum Gasteiger partial charge on any atom is 0.251 e. The molecule has 1 aromatic carbocycles. The number of amides is 1. The van der Waals surface area contributed by atoms with Gasteiger partial charge in [0.25, 0.3) is 5.91 Å². The van der Waals surface area contributed by atoms with Crippen LogP contribution in [0, 0.1) is 0 Å². The number of nitrogens with one attached hydrogen (secondary N) is 3. The lowest BCUT2D eigenvalue weighted by molar-refractivity contribution is 0.0953. The van der Waals surface area contributed by atoms with Crippen LogP contribution in [0.1, 0.15) is 41.9 Å². The third-order valence-corrected chi connectivity index (χ3v) is 3.89. The zero-order valence-electron chi connectivity index (χ0n) is 16.6. The molecule has 1 heterocycles. The lowest BCUT2D eigenvalue weighted by Gasteiger charge is -2.11. The molecule has 0 unspecified atom stereocenters. The molecule has 0 aliphatic heterocycles. The third kappa shape index (κ3) is 8.69. The summed E-state index contributed by atoms with van der Waals surface area (Å²) in [4.78, 5) is 21.0. The highest BCUT2D eigenvalue weighted by atomic mass is 127. The number of aromatic nitrogens is 1. The molecule has 152 valence electrons. The first-order valence-corrected chi connectivity index (χ1v) is 9.52. The fourth-order valence-corrected chi connectivity index (χ4v) is 2.52. The maximum atomic E-state index is 12.1. The van der Waals surface area contributed by atoms with Crippen LogP contribution in [0.25, 0.3) is 0 Å². The van der Waals surface area contributed by atoms with Gasteiger partial charge in [-0.15, -0.1) is 24.0 Å². The zero-order chi connectivity index (χ0) is 19.3. The van der Waals surface area contributed by atoms with Crippen molar-refractivity contribution in [2.75, 3.05) is 19.6 Å². The predicted octanol–water partition coefficient (Wildman–Crippen LogP) is 3.14. The molecule has 0 spiro atoms. The first kappa shape index (κ1) is 23.9. The number of hydrogen-bond acceptors (Lipinski definition) is 3. The first-order valence-electron chi connectivity index (χ1n) is 9.52. The minimum atomic E-state index is -0.0388. The highest BCUT2D eigenvalue weighted by Crippen LogP contribution is 2.07. The second-order valence-corrected chi connectivity index (χ2v) is 6.15. The van der Waals surface area contributed by atoms with Crippen LogP contribution in [0.3, 0.4) is 0 Å². The second kappa shape index (κ2) is 13.9. The number of pyridine rings is 1. The molecule has 6 nitrogen and oxygen atoms in total. The minimum absolute atomic E-state index is 0. The maximum absolute atomic E-state index is 12.1. The summed E-state index contributed by atoms with van der Waals surface area (Å²) in [6.07, 6.45) is 3.56. The summed E-state index contributed by atoms with van der Waals surface area (Å²) < 4.78 is 0. The lowest BCUT2D eigenvalue weighted by Crippen LogP contribution is -2.38. The summed E-state index contributed by atoms with van der Waals surface area (Å²) >= 11 is 0. The van der Waals surface area contributed by atoms with Crippen LogP contribution in [0.15, 0.2) is 53.7 Å². The van der Waals surface area contributed by atoms with E-state index in [0.717, 1.165) is 43.1 Å². The van der Waals surface area contributed by atoms with Crippen LogP contribution in [0.4, 0.5) is 0 Å². The van der Waals surface area contributed by atoms with Crippen LogP contribution in [0.5, 0.6) is 0 Å². The molecule has 0 radical (unpaired) electrons. The Bertz CT molecular complexity index is 737. The van der Waals surface area contributed by atoms with E-state index in [1.807, 2.05) is 56.3 Å². The van der Waals surface area contributed by atoms with E-state index < -0.39 is 0 Å². The Labute approximate surface area is 184 Å². The Morgan fingerprint density at radius 3 is 2.61 bits per heavy atom. The summed E-state index contributed by atoms with van der Waals surface area (Å²) in [6.45, 7) is 6.81. The Hall–Kier alpha value is -2.16. The van der Waals surface area contributed by atoms with E-state index in [1.54, 1.807) is 6.20 Å². The van der Waals surface area contributed by atoms with Gasteiger partial charge in [0, 0.05) is 43.5 Å². The number of nitrogens with zero attached hydrogens (tertiary/aromatic N) is 2. The molecule has 0 atom stereocenters. The number of benzene rings is 1. The number of carbonyl (C=O) groups excluding carboxylic acids is 1. The van der Waals surface area contributed by atoms with Gasteiger partial charge < -0.3 is 16.0 Å². The molecule has 0 bridgehead atoms. The van der Waals surface area contributed by atoms with Crippen LogP contribution < -0.4 is 16.0 Å². The van der Waals surface area contributed by atoms with E-state index in [2.05, 4.69) is 25.9 Å². The molecule has 0 fully saturated rings. The van der Waals surface area contributed by atoms with Crippen molar-refractivity contribution < 1.29 is 4.79 Å². The van der Waals surface area contributed by atoms with Gasteiger partial charge in [0.2, 0.25) is 0 Å². The van der Waals surface area contributed by atoms with Gasteiger partial charge >= 0.3 is 0 Å². The van der Waals surface area contributed by atoms with Gasteiger partial charge in [0.1, 0.15) is 0 Å². The van der Waals surface area contributed by atoms with E-state index in [4.69, 9.17) is 0 Å². The van der Waals surface area contributed by atoms with Crippen molar-refractivity contribution >= 4 is 35.8 Å². The fourth-order valence-electron chi connectivity index (χ4n) is 2.52. The van der Waals surface area contributed by atoms with Gasteiger partial charge in [-0.2, -0.15) is 0 Å². The molecule has 28 heavy (non-hydrogen) atoms. The summed E-state index contributed by atoms with van der Waals surface area (Å²) in [5.74, 6) is 0.720. The molecule has 1 amide bonds. The smallest absolute Gasteiger partial charge is 0.251 e. The van der Waals surface area contributed by atoms with Crippen LogP contribution >= 0.6 is 24.0 Å². The van der Waals surface area contributed by atoms with Crippen molar-refractivity contribution in [3.63, 3.8) is 0 Å². The molecular weight excluding hydrogens is 465 g/mol. The molecular formula is C21H30IN5O. The summed E-state index contributed by atoms with van der Waals surface area (Å²) in [5.41, 5.74) is 2.72. The highest BCUT2D eigenvalue weighted by Gasteiger charge is 2.05. The number of aliphatic imine (C=N–C) groups is 1. The summed E-state index contributed by atoms with van der Waals surface area (Å²) in [5, 5.41) is 9.47. The Balaban J connectivity index is 0.00000392. The van der Waals surface area contributed by atoms with Crippen molar-refractivity contribution in [3.05, 3.63) is 65.5 Å². The molecule has 2 rings (SSSR count). The van der Waals surface area contributed by atoms with Crippen LogP contribution in [-0.2, 0) is 13.0 Å². The molecule has 0 aliphatic carbocycles. The summed E-state index contributed by atoms with van der Waals surface area (Å²) in [7, 11) is 0. The number of guanidine groups is 1. The van der Waals surface area contributed by atoms with Gasteiger partial charge in [0.05, 0.1) is 6.54 Å². The molecule has 0 aliphatic rings. The van der Waals surface area contributed by atoms with Crippen LogP contribution in [-0.4, -0.2) is 36.5 Å².